The van der Waals surface area contributed by atoms with Crippen molar-refractivity contribution in [3.05, 3.63) is 102 Å². The largest absolute Gasteiger partial charge is 0.272 e. The van der Waals surface area contributed by atoms with Crippen LogP contribution in [-0.4, -0.2) is 14.3 Å². The summed E-state index contributed by atoms with van der Waals surface area (Å²) in [5.74, 6) is -0.579. The number of rotatable bonds is 2. The number of benzene rings is 3. The molecule has 1 heterocycles. The smallest absolute Gasteiger partial charge is 0.268 e. The number of amides is 1. The average Bonchev–Trinajstić information content (AvgIpc) is 2.68. The number of nitrogens with zero attached hydrogens (tertiary/aromatic N) is 1. The third-order valence-electron chi connectivity index (χ3n) is 4.90. The van der Waals surface area contributed by atoms with Crippen LogP contribution in [0.4, 0.5) is 5.69 Å². The number of allylic oxidation sites excluding steroid dienone is 1. The van der Waals surface area contributed by atoms with Gasteiger partial charge in [0.05, 0.1) is 10.6 Å². The Morgan fingerprint density at radius 3 is 2.18 bits per heavy atom. The molecule has 140 valence electrons. The van der Waals surface area contributed by atoms with Gasteiger partial charge in [0.25, 0.3) is 15.9 Å². The fourth-order valence-electron chi connectivity index (χ4n) is 3.43. The molecule has 0 aromatic heterocycles. The molecule has 28 heavy (non-hydrogen) atoms. The molecule has 0 saturated carbocycles. The number of hydrogen-bond acceptors (Lipinski definition) is 3. The molecule has 4 nitrogen and oxygen atoms in total. The topological polar surface area (TPSA) is 54.5 Å². The lowest BCUT2D eigenvalue weighted by molar-refractivity contribution is 0.100. The van der Waals surface area contributed by atoms with Crippen LogP contribution in [0.2, 0.25) is 0 Å². The lowest BCUT2D eigenvalue weighted by Crippen LogP contribution is -2.39. The Balaban J connectivity index is 1.99. The number of anilines is 1. The molecule has 1 amide bonds. The van der Waals surface area contributed by atoms with Crippen molar-refractivity contribution >= 4 is 27.2 Å². The van der Waals surface area contributed by atoms with Crippen molar-refractivity contribution in [3.8, 4) is 0 Å². The summed E-state index contributed by atoms with van der Waals surface area (Å²) in [6.07, 6.45) is 0.459. The van der Waals surface area contributed by atoms with E-state index in [1.54, 1.807) is 42.5 Å². The van der Waals surface area contributed by atoms with Gasteiger partial charge in [0.2, 0.25) is 0 Å². The first kappa shape index (κ1) is 18.2. The van der Waals surface area contributed by atoms with Crippen LogP contribution in [0.1, 0.15) is 27.0 Å². The SMILES string of the molecule is C=C1Cc2ccccc2N(S(=O)(=O)c2ccc(C)cc2)C(=O)c2ccccc21. The number of carbonyl (C=O) groups is 1. The fourth-order valence-corrected chi connectivity index (χ4v) is 4.88. The van der Waals surface area contributed by atoms with Gasteiger partial charge in [0.1, 0.15) is 0 Å². The van der Waals surface area contributed by atoms with E-state index < -0.39 is 15.9 Å². The zero-order valence-electron chi connectivity index (χ0n) is 15.4. The van der Waals surface area contributed by atoms with Gasteiger partial charge in [0.15, 0.2) is 0 Å². The number of carbonyl (C=O) groups excluding carboxylic acids is 1. The Morgan fingerprint density at radius 1 is 0.857 bits per heavy atom. The minimum Gasteiger partial charge on any atom is -0.268 e. The molecule has 0 N–H and O–H groups in total. The van der Waals surface area contributed by atoms with E-state index in [4.69, 9.17) is 0 Å². The van der Waals surface area contributed by atoms with Gasteiger partial charge in [0, 0.05) is 5.56 Å². The monoisotopic (exact) mass is 389 g/mol. The van der Waals surface area contributed by atoms with Crippen molar-refractivity contribution in [2.75, 3.05) is 4.31 Å². The van der Waals surface area contributed by atoms with Gasteiger partial charge >= 0.3 is 0 Å². The summed E-state index contributed by atoms with van der Waals surface area (Å²) >= 11 is 0. The minimum absolute atomic E-state index is 0.0816. The highest BCUT2D eigenvalue weighted by molar-refractivity contribution is 7.93. The molecule has 0 aliphatic carbocycles. The van der Waals surface area contributed by atoms with Crippen LogP contribution in [0.5, 0.6) is 0 Å². The second kappa shape index (κ2) is 6.77. The maximum absolute atomic E-state index is 13.5. The van der Waals surface area contributed by atoms with Crippen molar-refractivity contribution in [2.24, 2.45) is 0 Å². The number of aryl methyl sites for hydroxylation is 1. The predicted octanol–water partition coefficient (Wildman–Crippen LogP) is 4.60. The second-order valence-corrected chi connectivity index (χ2v) is 8.63. The molecule has 0 spiro atoms. The Labute approximate surface area is 164 Å². The summed E-state index contributed by atoms with van der Waals surface area (Å²) < 4.78 is 28.0. The Hall–Kier alpha value is -3.18. The second-order valence-electron chi connectivity index (χ2n) is 6.84. The van der Waals surface area contributed by atoms with Crippen molar-refractivity contribution < 1.29 is 13.2 Å². The number of fused-ring (bicyclic) bond motifs is 2. The first-order chi connectivity index (χ1) is 13.4. The molecule has 3 aromatic rings. The average molecular weight is 389 g/mol. The lowest BCUT2D eigenvalue weighted by atomic mass is 9.92. The quantitative estimate of drug-likeness (QED) is 0.644. The van der Waals surface area contributed by atoms with Gasteiger partial charge in [-0.25, -0.2) is 8.42 Å². The maximum atomic E-state index is 13.5. The Kier molecular flexibility index (Phi) is 4.40. The normalized spacial score (nSPS) is 14.1. The summed E-state index contributed by atoms with van der Waals surface area (Å²) in [5, 5.41) is 0. The van der Waals surface area contributed by atoms with Gasteiger partial charge in [-0.05, 0) is 54.3 Å². The van der Waals surface area contributed by atoms with Crippen molar-refractivity contribution in [1.29, 1.82) is 0 Å². The van der Waals surface area contributed by atoms with Crippen molar-refractivity contribution in [2.45, 2.75) is 18.2 Å². The van der Waals surface area contributed by atoms with Gasteiger partial charge in [-0.1, -0.05) is 60.7 Å². The zero-order chi connectivity index (χ0) is 19.9. The lowest BCUT2D eigenvalue weighted by Gasteiger charge is -2.28. The highest BCUT2D eigenvalue weighted by Crippen LogP contribution is 2.35. The zero-order valence-corrected chi connectivity index (χ0v) is 16.2. The van der Waals surface area contributed by atoms with Crippen LogP contribution < -0.4 is 4.31 Å². The minimum atomic E-state index is -4.09. The van der Waals surface area contributed by atoms with E-state index in [9.17, 15) is 13.2 Å². The standard InChI is InChI=1S/C23H19NO3S/c1-16-11-13-19(14-12-16)28(26,27)24-22-10-6-3-7-18(22)15-17(2)20-8-4-5-9-21(20)23(24)25/h3-14H,2,15H2,1H3. The summed E-state index contributed by atoms with van der Waals surface area (Å²) in [4.78, 5) is 13.6. The van der Waals surface area contributed by atoms with Crippen molar-refractivity contribution in [1.82, 2.24) is 0 Å². The summed E-state index contributed by atoms with van der Waals surface area (Å²) in [7, 11) is -4.09. The first-order valence-corrected chi connectivity index (χ1v) is 10.3. The molecule has 3 aromatic carbocycles. The van der Waals surface area contributed by atoms with Gasteiger partial charge in [-0.2, -0.15) is 4.31 Å². The molecule has 0 atom stereocenters. The number of hydrogen-bond donors (Lipinski definition) is 0. The Morgan fingerprint density at radius 2 is 1.46 bits per heavy atom. The molecule has 0 fully saturated rings. The van der Waals surface area contributed by atoms with Gasteiger partial charge in [-0.3, -0.25) is 4.79 Å². The van der Waals surface area contributed by atoms with Gasteiger partial charge in [-0.15, -0.1) is 0 Å². The van der Waals surface area contributed by atoms with Crippen LogP contribution in [0.25, 0.3) is 5.57 Å². The van der Waals surface area contributed by atoms with E-state index >= 15 is 0 Å². The van der Waals surface area contributed by atoms with Gasteiger partial charge < -0.3 is 0 Å². The highest BCUT2D eigenvalue weighted by Gasteiger charge is 2.35. The summed E-state index contributed by atoms with van der Waals surface area (Å²) in [6.45, 7) is 6.01. The number of sulfonamides is 1. The van der Waals surface area contributed by atoms with Crippen molar-refractivity contribution in [3.63, 3.8) is 0 Å². The van der Waals surface area contributed by atoms with Crippen LogP contribution in [0.3, 0.4) is 0 Å². The molecule has 0 bridgehead atoms. The van der Waals surface area contributed by atoms with Crippen LogP contribution in [-0.2, 0) is 16.4 Å². The predicted molar refractivity (Wildman–Crippen MR) is 111 cm³/mol. The summed E-state index contributed by atoms with van der Waals surface area (Å²) in [5.41, 5.74) is 3.84. The number of para-hydroxylation sites is 1. The van der Waals surface area contributed by atoms with Crippen LogP contribution in [0, 0.1) is 6.92 Å². The third-order valence-corrected chi connectivity index (χ3v) is 6.61. The molecule has 5 heteroatoms. The molecule has 1 aliphatic heterocycles. The molecular formula is C23H19NO3S. The molecule has 1 aliphatic rings. The van der Waals surface area contributed by atoms with Crippen LogP contribution in [0.15, 0.2) is 84.3 Å². The first-order valence-electron chi connectivity index (χ1n) is 8.91. The maximum Gasteiger partial charge on any atom is 0.272 e. The summed E-state index contributed by atoms with van der Waals surface area (Å²) in [6, 6.07) is 20.6. The Bertz CT molecular complexity index is 1190. The third kappa shape index (κ3) is 2.94. The fraction of sp³-hybridized carbons (Fsp3) is 0.0870. The molecule has 0 radical (unpaired) electrons. The highest BCUT2D eigenvalue weighted by atomic mass is 32.2. The van der Waals surface area contributed by atoms with E-state index in [0.717, 1.165) is 21.0 Å². The molecular weight excluding hydrogens is 370 g/mol. The van der Waals surface area contributed by atoms with E-state index in [1.807, 2.05) is 25.1 Å². The molecule has 0 saturated heterocycles. The van der Waals surface area contributed by atoms with E-state index in [-0.39, 0.29) is 4.90 Å². The van der Waals surface area contributed by atoms with E-state index in [0.29, 0.717) is 23.2 Å². The van der Waals surface area contributed by atoms with Crippen LogP contribution >= 0.6 is 0 Å². The van der Waals surface area contributed by atoms with E-state index in [2.05, 4.69) is 6.58 Å². The molecule has 4 rings (SSSR count). The van der Waals surface area contributed by atoms with E-state index in [1.165, 1.54) is 12.1 Å². The molecule has 0 unspecified atom stereocenters.